The Morgan fingerprint density at radius 3 is 2.20 bits per heavy atom. The van der Waals surface area contributed by atoms with Crippen LogP contribution in [0.2, 0.25) is 0 Å². The number of benzene rings is 3. The standard InChI is InChI=1S/C24H25N3O3/c28-22-17-19-7-5-4-6-18(19)16-21(22)24(30)25-11-10-23(29)27-14-12-26(13-15-27)20-8-2-1-3-9-20/h1-9,16-17,28H,10-15H2,(H,25,30). The Kier molecular flexibility index (Phi) is 5.84. The first kappa shape index (κ1) is 19.8. The first-order valence-corrected chi connectivity index (χ1v) is 10.2. The Balaban J connectivity index is 1.27. The second kappa shape index (κ2) is 8.86. The van der Waals surface area contributed by atoms with Crippen molar-refractivity contribution >= 4 is 28.3 Å². The smallest absolute Gasteiger partial charge is 0.255 e. The number of hydrogen-bond acceptors (Lipinski definition) is 4. The van der Waals surface area contributed by atoms with Crippen molar-refractivity contribution in [1.82, 2.24) is 10.2 Å². The maximum Gasteiger partial charge on any atom is 0.255 e. The molecular formula is C24H25N3O3. The van der Waals surface area contributed by atoms with Gasteiger partial charge in [-0.25, -0.2) is 0 Å². The number of carbonyl (C=O) groups excluding carboxylic acids is 2. The van der Waals surface area contributed by atoms with Crippen LogP contribution in [0.1, 0.15) is 16.8 Å². The van der Waals surface area contributed by atoms with Crippen molar-refractivity contribution in [3.05, 3.63) is 72.3 Å². The highest BCUT2D eigenvalue weighted by Crippen LogP contribution is 2.24. The van der Waals surface area contributed by atoms with Gasteiger partial charge in [-0.3, -0.25) is 9.59 Å². The van der Waals surface area contributed by atoms with Gasteiger partial charge in [-0.2, -0.15) is 0 Å². The molecule has 154 valence electrons. The fraction of sp³-hybridized carbons (Fsp3) is 0.250. The van der Waals surface area contributed by atoms with Gasteiger partial charge in [0.15, 0.2) is 0 Å². The largest absolute Gasteiger partial charge is 0.507 e. The summed E-state index contributed by atoms with van der Waals surface area (Å²) >= 11 is 0. The number of fused-ring (bicyclic) bond motifs is 1. The molecule has 0 bridgehead atoms. The van der Waals surface area contributed by atoms with Gasteiger partial charge in [0.25, 0.3) is 5.91 Å². The van der Waals surface area contributed by atoms with E-state index in [4.69, 9.17) is 0 Å². The molecular weight excluding hydrogens is 378 g/mol. The fourth-order valence-electron chi connectivity index (χ4n) is 3.80. The third kappa shape index (κ3) is 4.38. The Morgan fingerprint density at radius 1 is 0.867 bits per heavy atom. The number of aromatic hydroxyl groups is 1. The summed E-state index contributed by atoms with van der Waals surface area (Å²) in [6.45, 7) is 3.18. The van der Waals surface area contributed by atoms with E-state index in [-0.39, 0.29) is 36.1 Å². The van der Waals surface area contributed by atoms with Crippen molar-refractivity contribution in [2.45, 2.75) is 6.42 Å². The maximum absolute atomic E-state index is 12.5. The van der Waals surface area contributed by atoms with Crippen LogP contribution in [0.4, 0.5) is 5.69 Å². The van der Waals surface area contributed by atoms with Crippen LogP contribution >= 0.6 is 0 Å². The van der Waals surface area contributed by atoms with E-state index in [0.29, 0.717) is 13.1 Å². The number of hydrogen-bond donors (Lipinski definition) is 2. The van der Waals surface area contributed by atoms with Crippen molar-refractivity contribution in [3.63, 3.8) is 0 Å². The van der Waals surface area contributed by atoms with Crippen LogP contribution in [0.5, 0.6) is 5.75 Å². The average molecular weight is 403 g/mol. The SMILES string of the molecule is O=C(NCCC(=O)N1CCN(c2ccccc2)CC1)c1cc2ccccc2cc1O. The Morgan fingerprint density at radius 2 is 1.50 bits per heavy atom. The highest BCUT2D eigenvalue weighted by atomic mass is 16.3. The third-order valence-corrected chi connectivity index (χ3v) is 5.49. The van der Waals surface area contributed by atoms with E-state index >= 15 is 0 Å². The van der Waals surface area contributed by atoms with E-state index in [9.17, 15) is 14.7 Å². The zero-order chi connectivity index (χ0) is 20.9. The van der Waals surface area contributed by atoms with Gasteiger partial charge in [-0.15, -0.1) is 0 Å². The minimum atomic E-state index is -0.375. The molecule has 1 heterocycles. The van der Waals surface area contributed by atoms with E-state index in [1.807, 2.05) is 47.4 Å². The number of para-hydroxylation sites is 1. The summed E-state index contributed by atoms with van der Waals surface area (Å²) in [6.07, 6.45) is 0.241. The van der Waals surface area contributed by atoms with Crippen molar-refractivity contribution in [1.29, 1.82) is 0 Å². The molecule has 6 nitrogen and oxygen atoms in total. The molecule has 0 saturated carbocycles. The van der Waals surface area contributed by atoms with Gasteiger partial charge in [-0.1, -0.05) is 42.5 Å². The van der Waals surface area contributed by atoms with Gasteiger partial charge in [0.05, 0.1) is 5.56 Å². The Bertz CT molecular complexity index is 1040. The molecule has 0 aliphatic carbocycles. The number of piperazine rings is 1. The predicted molar refractivity (Wildman–Crippen MR) is 118 cm³/mol. The zero-order valence-electron chi connectivity index (χ0n) is 16.8. The summed E-state index contributed by atoms with van der Waals surface area (Å²) in [5, 5.41) is 14.7. The average Bonchev–Trinajstić information content (AvgIpc) is 2.79. The predicted octanol–water partition coefficient (Wildman–Crippen LogP) is 3.01. The number of carbonyl (C=O) groups is 2. The number of nitrogens with zero attached hydrogens (tertiary/aromatic N) is 2. The van der Waals surface area contributed by atoms with Gasteiger partial charge >= 0.3 is 0 Å². The Hall–Kier alpha value is -3.54. The highest BCUT2D eigenvalue weighted by molar-refractivity contribution is 6.01. The molecule has 0 radical (unpaired) electrons. The maximum atomic E-state index is 12.5. The van der Waals surface area contributed by atoms with Gasteiger partial charge < -0.3 is 20.2 Å². The second-order valence-corrected chi connectivity index (χ2v) is 7.43. The van der Waals surface area contributed by atoms with Crippen LogP contribution in [-0.2, 0) is 4.79 Å². The van der Waals surface area contributed by atoms with Crippen molar-refractivity contribution in [2.24, 2.45) is 0 Å². The summed E-state index contributed by atoms with van der Waals surface area (Å²) in [5.74, 6) is -0.403. The number of amides is 2. The lowest BCUT2D eigenvalue weighted by atomic mass is 10.1. The summed E-state index contributed by atoms with van der Waals surface area (Å²) in [7, 11) is 0. The molecule has 30 heavy (non-hydrogen) atoms. The molecule has 0 aromatic heterocycles. The molecule has 0 spiro atoms. The lowest BCUT2D eigenvalue weighted by molar-refractivity contribution is -0.131. The number of phenols is 1. The van der Waals surface area contributed by atoms with Crippen molar-refractivity contribution in [2.75, 3.05) is 37.6 Å². The molecule has 0 atom stereocenters. The van der Waals surface area contributed by atoms with Gasteiger partial charge in [0.1, 0.15) is 5.75 Å². The van der Waals surface area contributed by atoms with E-state index in [0.717, 1.165) is 23.9 Å². The first-order valence-electron chi connectivity index (χ1n) is 10.2. The van der Waals surface area contributed by atoms with Gasteiger partial charge in [0, 0.05) is 44.8 Å². The number of nitrogens with one attached hydrogen (secondary N) is 1. The van der Waals surface area contributed by atoms with Crippen LogP contribution in [0.15, 0.2) is 66.7 Å². The van der Waals surface area contributed by atoms with Crippen molar-refractivity contribution < 1.29 is 14.7 Å². The molecule has 2 amide bonds. The minimum Gasteiger partial charge on any atom is -0.507 e. The first-order chi connectivity index (χ1) is 14.6. The Labute approximate surface area is 175 Å². The number of anilines is 1. The zero-order valence-corrected chi connectivity index (χ0v) is 16.8. The van der Waals surface area contributed by atoms with E-state index < -0.39 is 0 Å². The van der Waals surface area contributed by atoms with E-state index in [1.54, 1.807) is 12.1 Å². The number of rotatable bonds is 5. The summed E-state index contributed by atoms with van der Waals surface area (Å²) < 4.78 is 0. The molecule has 4 rings (SSSR count). The van der Waals surface area contributed by atoms with Crippen molar-refractivity contribution in [3.8, 4) is 5.75 Å². The summed E-state index contributed by atoms with van der Waals surface area (Å²) in [4.78, 5) is 29.1. The van der Waals surface area contributed by atoms with E-state index in [2.05, 4.69) is 22.3 Å². The van der Waals surface area contributed by atoms with Gasteiger partial charge in [-0.05, 0) is 35.0 Å². The summed E-state index contributed by atoms with van der Waals surface area (Å²) in [5.41, 5.74) is 1.39. The monoisotopic (exact) mass is 403 g/mol. The molecule has 2 N–H and O–H groups in total. The molecule has 3 aromatic rings. The lowest BCUT2D eigenvalue weighted by Crippen LogP contribution is -2.49. The third-order valence-electron chi connectivity index (χ3n) is 5.49. The van der Waals surface area contributed by atoms with Crippen LogP contribution < -0.4 is 10.2 Å². The van der Waals surface area contributed by atoms with Crippen LogP contribution in [-0.4, -0.2) is 54.5 Å². The van der Waals surface area contributed by atoms with Gasteiger partial charge in [0.2, 0.25) is 5.91 Å². The number of phenolic OH excluding ortho intramolecular Hbond substituents is 1. The van der Waals surface area contributed by atoms with Crippen LogP contribution in [0.25, 0.3) is 10.8 Å². The lowest BCUT2D eigenvalue weighted by Gasteiger charge is -2.36. The van der Waals surface area contributed by atoms with Crippen LogP contribution in [0, 0.1) is 0 Å². The second-order valence-electron chi connectivity index (χ2n) is 7.43. The molecule has 1 fully saturated rings. The summed E-state index contributed by atoms with van der Waals surface area (Å²) in [6, 6.07) is 21.0. The molecule has 1 saturated heterocycles. The molecule has 6 heteroatoms. The topological polar surface area (TPSA) is 72.9 Å². The fourth-order valence-corrected chi connectivity index (χ4v) is 3.80. The minimum absolute atomic E-state index is 0.0331. The normalized spacial score (nSPS) is 14.0. The molecule has 1 aliphatic rings. The molecule has 0 unspecified atom stereocenters. The quantitative estimate of drug-likeness (QED) is 0.687. The van der Waals surface area contributed by atoms with Crippen LogP contribution in [0.3, 0.4) is 0 Å². The highest BCUT2D eigenvalue weighted by Gasteiger charge is 2.21. The molecule has 3 aromatic carbocycles. The van der Waals surface area contributed by atoms with E-state index in [1.165, 1.54) is 5.69 Å². The molecule has 1 aliphatic heterocycles.